The van der Waals surface area contributed by atoms with Gasteiger partial charge in [0.1, 0.15) is 5.76 Å². The number of aromatic nitrogens is 1. The van der Waals surface area contributed by atoms with Crippen molar-refractivity contribution in [1.29, 1.82) is 0 Å². The molecule has 1 aliphatic heterocycles. The second-order valence-electron chi connectivity index (χ2n) is 8.24. The molecule has 1 aliphatic rings. The van der Waals surface area contributed by atoms with Crippen LogP contribution in [0, 0.1) is 13.8 Å². The third-order valence-electron chi connectivity index (χ3n) is 6.11. The predicted octanol–water partition coefficient (Wildman–Crippen LogP) is 4.66. The quantitative estimate of drug-likeness (QED) is 0.622. The van der Waals surface area contributed by atoms with E-state index in [9.17, 15) is 4.79 Å². The van der Waals surface area contributed by atoms with Gasteiger partial charge < -0.3 is 14.3 Å². The van der Waals surface area contributed by atoms with E-state index < -0.39 is 0 Å². The Balaban J connectivity index is 1.43. The average molecular weight is 406 g/mol. The lowest BCUT2D eigenvalue weighted by Gasteiger charge is -2.27. The highest BCUT2D eigenvalue weighted by Gasteiger charge is 2.17. The molecule has 5 nitrogen and oxygen atoms in total. The number of amides is 1. The molecule has 0 unspecified atom stereocenters. The minimum atomic E-state index is -0.0263. The van der Waals surface area contributed by atoms with E-state index in [1.165, 1.54) is 43.5 Å². The number of carbonyl (C=O) groups is 1. The van der Waals surface area contributed by atoms with Gasteiger partial charge in [-0.3, -0.25) is 9.69 Å². The van der Waals surface area contributed by atoms with Gasteiger partial charge in [0, 0.05) is 24.5 Å². The largest absolute Gasteiger partial charge is 0.467 e. The van der Waals surface area contributed by atoms with E-state index in [0.717, 1.165) is 29.3 Å². The third kappa shape index (κ3) is 4.68. The Morgan fingerprint density at radius 3 is 2.50 bits per heavy atom. The second kappa shape index (κ2) is 9.35. The summed E-state index contributed by atoms with van der Waals surface area (Å²) in [7, 11) is 0. The number of carbonyl (C=O) groups excluding carboxylic acids is 1. The number of piperidine rings is 1. The van der Waals surface area contributed by atoms with Gasteiger partial charge in [-0.25, -0.2) is 0 Å². The van der Waals surface area contributed by atoms with Crippen LogP contribution in [-0.2, 0) is 19.6 Å². The first kappa shape index (κ1) is 20.5. The molecule has 1 saturated heterocycles. The molecule has 1 N–H and O–H groups in total. The van der Waals surface area contributed by atoms with Gasteiger partial charge in [0.05, 0.1) is 18.4 Å². The lowest BCUT2D eigenvalue weighted by molar-refractivity contribution is 0.0950. The Labute approximate surface area is 178 Å². The second-order valence-corrected chi connectivity index (χ2v) is 8.24. The maximum absolute atomic E-state index is 12.9. The molecule has 1 amide bonds. The van der Waals surface area contributed by atoms with Crippen LogP contribution in [0.1, 0.15) is 57.9 Å². The summed E-state index contributed by atoms with van der Waals surface area (Å²) in [6.07, 6.45) is 5.59. The standard InChI is InChI=1S/C25H31N3O2/c1-19-15-24(20(2)28(19)18-23-11-8-14-30-23)25(29)26-16-21-9-4-5-10-22(21)17-27-12-6-3-7-13-27/h4-5,8-11,14-15H,3,6-7,12-13,16-18H2,1-2H3,(H,26,29). The highest BCUT2D eigenvalue weighted by Crippen LogP contribution is 2.19. The minimum absolute atomic E-state index is 0.0263. The zero-order chi connectivity index (χ0) is 20.9. The van der Waals surface area contributed by atoms with Crippen molar-refractivity contribution in [3.8, 4) is 0 Å². The maximum Gasteiger partial charge on any atom is 0.253 e. The monoisotopic (exact) mass is 405 g/mol. The van der Waals surface area contributed by atoms with Crippen molar-refractivity contribution in [2.45, 2.75) is 52.7 Å². The summed E-state index contributed by atoms with van der Waals surface area (Å²) >= 11 is 0. The molecular formula is C25H31N3O2. The van der Waals surface area contributed by atoms with Crippen molar-refractivity contribution in [2.24, 2.45) is 0 Å². The van der Waals surface area contributed by atoms with Gasteiger partial charge in [-0.2, -0.15) is 0 Å². The molecule has 0 aliphatic carbocycles. The van der Waals surface area contributed by atoms with E-state index >= 15 is 0 Å². The molecule has 2 aromatic heterocycles. The number of rotatable bonds is 7. The number of aryl methyl sites for hydroxylation is 1. The van der Waals surface area contributed by atoms with Crippen molar-refractivity contribution in [1.82, 2.24) is 14.8 Å². The smallest absolute Gasteiger partial charge is 0.253 e. The van der Waals surface area contributed by atoms with E-state index in [2.05, 4.69) is 39.0 Å². The van der Waals surface area contributed by atoms with Gasteiger partial charge in [0.25, 0.3) is 5.91 Å². The number of likely N-dealkylation sites (tertiary alicyclic amines) is 1. The van der Waals surface area contributed by atoms with Crippen LogP contribution >= 0.6 is 0 Å². The zero-order valence-electron chi connectivity index (χ0n) is 18.0. The summed E-state index contributed by atoms with van der Waals surface area (Å²) in [6, 6.07) is 14.3. The first-order chi connectivity index (χ1) is 14.6. The molecule has 0 saturated carbocycles. The van der Waals surface area contributed by atoms with Gasteiger partial charge in [0.15, 0.2) is 0 Å². The van der Waals surface area contributed by atoms with Crippen LogP contribution in [0.3, 0.4) is 0 Å². The first-order valence-electron chi connectivity index (χ1n) is 10.9. The fourth-order valence-electron chi connectivity index (χ4n) is 4.35. The fourth-order valence-corrected chi connectivity index (χ4v) is 4.35. The van der Waals surface area contributed by atoms with Crippen LogP contribution < -0.4 is 5.32 Å². The van der Waals surface area contributed by atoms with Crippen LogP contribution in [0.25, 0.3) is 0 Å². The lowest BCUT2D eigenvalue weighted by Crippen LogP contribution is -2.30. The Morgan fingerprint density at radius 2 is 1.77 bits per heavy atom. The van der Waals surface area contributed by atoms with E-state index in [-0.39, 0.29) is 5.91 Å². The Hall–Kier alpha value is -2.79. The number of hydrogen-bond donors (Lipinski definition) is 1. The summed E-state index contributed by atoms with van der Waals surface area (Å²) in [4.78, 5) is 15.5. The molecule has 0 spiro atoms. The molecule has 158 valence electrons. The summed E-state index contributed by atoms with van der Waals surface area (Å²) in [5.74, 6) is 0.858. The lowest BCUT2D eigenvalue weighted by atomic mass is 10.0. The van der Waals surface area contributed by atoms with Gasteiger partial charge in [0.2, 0.25) is 0 Å². The van der Waals surface area contributed by atoms with Gasteiger partial charge in [-0.15, -0.1) is 0 Å². The summed E-state index contributed by atoms with van der Waals surface area (Å²) < 4.78 is 7.60. The minimum Gasteiger partial charge on any atom is -0.467 e. The van der Waals surface area contributed by atoms with Crippen LogP contribution in [0.5, 0.6) is 0 Å². The number of hydrogen-bond acceptors (Lipinski definition) is 3. The summed E-state index contributed by atoms with van der Waals surface area (Å²) in [5.41, 5.74) is 5.25. The van der Waals surface area contributed by atoms with Crippen LogP contribution in [0.2, 0.25) is 0 Å². The zero-order valence-corrected chi connectivity index (χ0v) is 18.0. The van der Waals surface area contributed by atoms with E-state index in [0.29, 0.717) is 13.1 Å². The molecule has 3 heterocycles. The van der Waals surface area contributed by atoms with Crippen LogP contribution in [-0.4, -0.2) is 28.5 Å². The number of nitrogens with one attached hydrogen (secondary N) is 1. The molecule has 1 fully saturated rings. The normalized spacial score (nSPS) is 14.7. The molecule has 30 heavy (non-hydrogen) atoms. The van der Waals surface area contributed by atoms with E-state index in [1.54, 1.807) is 6.26 Å². The molecule has 4 rings (SSSR count). The highest BCUT2D eigenvalue weighted by molar-refractivity contribution is 5.95. The SMILES string of the molecule is Cc1cc(C(=O)NCc2ccccc2CN2CCCCC2)c(C)n1Cc1ccco1. The topological polar surface area (TPSA) is 50.4 Å². The average Bonchev–Trinajstić information content (AvgIpc) is 3.37. The van der Waals surface area contributed by atoms with E-state index in [4.69, 9.17) is 4.42 Å². The molecule has 3 aromatic rings. The number of benzene rings is 1. The van der Waals surface area contributed by atoms with Gasteiger partial charge in [-0.1, -0.05) is 30.7 Å². The van der Waals surface area contributed by atoms with Crippen LogP contribution in [0.15, 0.2) is 53.1 Å². The Kier molecular flexibility index (Phi) is 6.38. The number of nitrogens with zero attached hydrogens (tertiary/aromatic N) is 2. The number of furan rings is 1. The van der Waals surface area contributed by atoms with Crippen molar-refractivity contribution in [3.63, 3.8) is 0 Å². The maximum atomic E-state index is 12.9. The Bertz CT molecular complexity index is 982. The molecular weight excluding hydrogens is 374 g/mol. The van der Waals surface area contributed by atoms with Gasteiger partial charge >= 0.3 is 0 Å². The van der Waals surface area contributed by atoms with Crippen molar-refractivity contribution in [3.05, 3.63) is 82.6 Å². The van der Waals surface area contributed by atoms with Crippen molar-refractivity contribution in [2.75, 3.05) is 13.1 Å². The van der Waals surface area contributed by atoms with Crippen molar-refractivity contribution >= 4 is 5.91 Å². The summed E-state index contributed by atoms with van der Waals surface area (Å²) in [5, 5.41) is 3.14. The molecule has 0 bridgehead atoms. The highest BCUT2D eigenvalue weighted by atomic mass is 16.3. The van der Waals surface area contributed by atoms with Gasteiger partial charge in [-0.05, 0) is 69.1 Å². The fraction of sp³-hybridized carbons (Fsp3) is 0.400. The molecule has 5 heteroatoms. The third-order valence-corrected chi connectivity index (χ3v) is 6.11. The van der Waals surface area contributed by atoms with Crippen LogP contribution in [0.4, 0.5) is 0 Å². The van der Waals surface area contributed by atoms with Crippen molar-refractivity contribution < 1.29 is 9.21 Å². The molecule has 1 aromatic carbocycles. The molecule has 0 atom stereocenters. The predicted molar refractivity (Wildman–Crippen MR) is 118 cm³/mol. The summed E-state index contributed by atoms with van der Waals surface area (Å²) in [6.45, 7) is 8.51. The first-order valence-corrected chi connectivity index (χ1v) is 10.9. The van der Waals surface area contributed by atoms with E-state index in [1.807, 2.05) is 32.0 Å². The Morgan fingerprint density at radius 1 is 1.00 bits per heavy atom. The molecule has 0 radical (unpaired) electrons.